The van der Waals surface area contributed by atoms with E-state index in [1.807, 2.05) is 30.0 Å². The van der Waals surface area contributed by atoms with Gasteiger partial charge in [-0.15, -0.1) is 24.8 Å². The van der Waals surface area contributed by atoms with Crippen LogP contribution in [0.5, 0.6) is 0 Å². The Balaban J connectivity index is 0.00000180. The fraction of sp³-hybridized carbons (Fsp3) is 0.538. The molecule has 5 nitrogen and oxygen atoms in total. The second kappa shape index (κ2) is 9.00. The molecule has 1 aromatic rings. The minimum absolute atomic E-state index is 0. The first kappa shape index (κ1) is 19.0. The van der Waals surface area contributed by atoms with E-state index in [0.29, 0.717) is 6.54 Å². The number of amides is 1. The van der Waals surface area contributed by atoms with Gasteiger partial charge in [0.25, 0.3) is 0 Å². The average Bonchev–Trinajstić information content (AvgIpc) is 2.47. The maximum atomic E-state index is 12.0. The van der Waals surface area contributed by atoms with Gasteiger partial charge < -0.3 is 15.5 Å². The number of anilines is 1. The zero-order valence-electron chi connectivity index (χ0n) is 11.6. The van der Waals surface area contributed by atoms with Gasteiger partial charge in [-0.3, -0.25) is 4.79 Å². The van der Waals surface area contributed by atoms with Crippen LogP contribution in [0.3, 0.4) is 0 Å². The summed E-state index contributed by atoms with van der Waals surface area (Å²) in [6.45, 7) is 5.46. The second-order valence-electron chi connectivity index (χ2n) is 4.64. The van der Waals surface area contributed by atoms with Gasteiger partial charge in [0, 0.05) is 44.8 Å². The SMILES string of the molecule is CC(CN)C(=O)N1CCN(c2ccccn2)CC1.Cl.Cl. The first-order chi connectivity index (χ1) is 8.72. The Kier molecular flexibility index (Phi) is 8.53. The molecule has 1 aromatic heterocycles. The Morgan fingerprint density at radius 1 is 1.30 bits per heavy atom. The highest BCUT2D eigenvalue weighted by molar-refractivity contribution is 5.85. The van der Waals surface area contributed by atoms with Crippen LogP contribution in [0.15, 0.2) is 24.4 Å². The Hall–Kier alpha value is -1.04. The van der Waals surface area contributed by atoms with Gasteiger partial charge in [0.15, 0.2) is 0 Å². The molecule has 1 fully saturated rings. The summed E-state index contributed by atoms with van der Waals surface area (Å²) in [5.41, 5.74) is 5.53. The fourth-order valence-electron chi connectivity index (χ4n) is 2.11. The lowest BCUT2D eigenvalue weighted by Crippen LogP contribution is -2.51. The van der Waals surface area contributed by atoms with Gasteiger partial charge in [-0.2, -0.15) is 0 Å². The number of halogens is 2. The predicted molar refractivity (Wildman–Crippen MR) is 85.7 cm³/mol. The molecule has 1 aliphatic rings. The van der Waals surface area contributed by atoms with E-state index >= 15 is 0 Å². The van der Waals surface area contributed by atoms with Crippen molar-refractivity contribution in [1.82, 2.24) is 9.88 Å². The second-order valence-corrected chi connectivity index (χ2v) is 4.64. The summed E-state index contributed by atoms with van der Waals surface area (Å²) in [7, 11) is 0. The van der Waals surface area contributed by atoms with Gasteiger partial charge in [-0.1, -0.05) is 13.0 Å². The normalized spacial score (nSPS) is 15.9. The van der Waals surface area contributed by atoms with Crippen LogP contribution in [-0.2, 0) is 4.79 Å². The van der Waals surface area contributed by atoms with Crippen LogP contribution in [0.1, 0.15) is 6.92 Å². The van der Waals surface area contributed by atoms with E-state index in [1.54, 1.807) is 6.20 Å². The van der Waals surface area contributed by atoms with Gasteiger partial charge >= 0.3 is 0 Å². The molecule has 1 amide bonds. The average molecular weight is 321 g/mol. The van der Waals surface area contributed by atoms with Crippen LogP contribution < -0.4 is 10.6 Å². The molecule has 0 radical (unpaired) electrons. The topological polar surface area (TPSA) is 62.5 Å². The zero-order valence-corrected chi connectivity index (χ0v) is 13.2. The fourth-order valence-corrected chi connectivity index (χ4v) is 2.11. The molecule has 0 spiro atoms. The van der Waals surface area contributed by atoms with Crippen LogP contribution in [-0.4, -0.2) is 48.5 Å². The van der Waals surface area contributed by atoms with Gasteiger partial charge in [-0.05, 0) is 12.1 Å². The number of carbonyl (C=O) groups excluding carboxylic acids is 1. The third kappa shape index (κ3) is 4.51. The van der Waals surface area contributed by atoms with Crippen LogP contribution in [0, 0.1) is 5.92 Å². The minimum Gasteiger partial charge on any atom is -0.353 e. The Morgan fingerprint density at radius 2 is 1.95 bits per heavy atom. The molecule has 2 heterocycles. The van der Waals surface area contributed by atoms with E-state index in [1.165, 1.54) is 0 Å². The molecule has 1 saturated heterocycles. The number of carbonyl (C=O) groups is 1. The standard InChI is InChI=1S/C13H20N4O.2ClH/c1-11(10-14)13(18)17-8-6-16(7-9-17)12-4-2-3-5-15-12;;/h2-5,11H,6-10,14H2,1H3;2*1H. The molecule has 2 rings (SSSR count). The van der Waals surface area contributed by atoms with Gasteiger partial charge in [-0.25, -0.2) is 4.98 Å². The van der Waals surface area contributed by atoms with E-state index < -0.39 is 0 Å². The van der Waals surface area contributed by atoms with Gasteiger partial charge in [0.1, 0.15) is 5.82 Å². The van der Waals surface area contributed by atoms with E-state index in [2.05, 4.69) is 9.88 Å². The monoisotopic (exact) mass is 320 g/mol. The van der Waals surface area contributed by atoms with E-state index in [0.717, 1.165) is 32.0 Å². The summed E-state index contributed by atoms with van der Waals surface area (Å²) in [5, 5.41) is 0. The lowest BCUT2D eigenvalue weighted by molar-refractivity contribution is -0.134. The van der Waals surface area contributed by atoms with Crippen molar-refractivity contribution < 1.29 is 4.79 Å². The molecule has 20 heavy (non-hydrogen) atoms. The molecule has 0 aromatic carbocycles. The van der Waals surface area contributed by atoms with Crippen molar-refractivity contribution in [3.8, 4) is 0 Å². The van der Waals surface area contributed by atoms with E-state index in [9.17, 15) is 4.79 Å². The molecule has 114 valence electrons. The molecule has 1 unspecified atom stereocenters. The highest BCUT2D eigenvalue weighted by atomic mass is 35.5. The number of piperazine rings is 1. The molecular formula is C13H22Cl2N4O. The molecule has 7 heteroatoms. The molecule has 0 bridgehead atoms. The lowest BCUT2D eigenvalue weighted by atomic mass is 10.1. The van der Waals surface area contributed by atoms with Crippen molar-refractivity contribution in [2.45, 2.75) is 6.92 Å². The number of hydrogen-bond acceptors (Lipinski definition) is 4. The zero-order chi connectivity index (χ0) is 13.0. The maximum absolute atomic E-state index is 12.0. The van der Waals surface area contributed by atoms with Crippen molar-refractivity contribution in [3.05, 3.63) is 24.4 Å². The molecule has 1 atom stereocenters. The summed E-state index contributed by atoms with van der Waals surface area (Å²) in [5.74, 6) is 1.07. The van der Waals surface area contributed by atoms with E-state index in [4.69, 9.17) is 5.73 Å². The summed E-state index contributed by atoms with van der Waals surface area (Å²) in [6, 6.07) is 5.89. The highest BCUT2D eigenvalue weighted by Crippen LogP contribution is 2.13. The largest absolute Gasteiger partial charge is 0.353 e. The van der Waals surface area contributed by atoms with Crippen molar-refractivity contribution in [2.75, 3.05) is 37.6 Å². The third-order valence-corrected chi connectivity index (χ3v) is 3.34. The predicted octanol–water partition coefficient (Wildman–Crippen LogP) is 1.17. The Morgan fingerprint density at radius 3 is 2.45 bits per heavy atom. The van der Waals surface area contributed by atoms with Crippen LogP contribution in [0.4, 0.5) is 5.82 Å². The molecular weight excluding hydrogens is 299 g/mol. The number of nitrogens with zero attached hydrogens (tertiary/aromatic N) is 3. The van der Waals surface area contributed by atoms with Crippen LogP contribution in [0.2, 0.25) is 0 Å². The van der Waals surface area contributed by atoms with Gasteiger partial charge in [0.2, 0.25) is 5.91 Å². The minimum atomic E-state index is -0.0774. The summed E-state index contributed by atoms with van der Waals surface area (Å²) >= 11 is 0. The van der Waals surface area contributed by atoms with Crippen molar-refractivity contribution >= 4 is 36.5 Å². The Bertz CT molecular complexity index is 397. The highest BCUT2D eigenvalue weighted by Gasteiger charge is 2.24. The molecule has 1 aliphatic heterocycles. The maximum Gasteiger partial charge on any atom is 0.226 e. The number of rotatable bonds is 3. The summed E-state index contributed by atoms with van der Waals surface area (Å²) in [4.78, 5) is 20.4. The third-order valence-electron chi connectivity index (χ3n) is 3.34. The summed E-state index contributed by atoms with van der Waals surface area (Å²) < 4.78 is 0. The number of hydrogen-bond donors (Lipinski definition) is 1. The summed E-state index contributed by atoms with van der Waals surface area (Å²) in [6.07, 6.45) is 1.79. The lowest BCUT2D eigenvalue weighted by Gasteiger charge is -2.36. The smallest absolute Gasteiger partial charge is 0.226 e. The number of pyridine rings is 1. The van der Waals surface area contributed by atoms with Gasteiger partial charge in [0.05, 0.1) is 0 Å². The van der Waals surface area contributed by atoms with E-state index in [-0.39, 0.29) is 36.6 Å². The molecule has 0 aliphatic carbocycles. The Labute approximate surface area is 132 Å². The van der Waals surface area contributed by atoms with Crippen LogP contribution in [0.25, 0.3) is 0 Å². The number of nitrogens with two attached hydrogens (primary N) is 1. The van der Waals surface area contributed by atoms with Crippen molar-refractivity contribution in [2.24, 2.45) is 11.7 Å². The van der Waals surface area contributed by atoms with Crippen molar-refractivity contribution in [3.63, 3.8) is 0 Å². The first-order valence-corrected chi connectivity index (χ1v) is 6.37. The molecule has 2 N–H and O–H groups in total. The van der Waals surface area contributed by atoms with Crippen molar-refractivity contribution in [1.29, 1.82) is 0 Å². The quantitative estimate of drug-likeness (QED) is 0.908. The van der Waals surface area contributed by atoms with Crippen LogP contribution >= 0.6 is 24.8 Å². The number of aromatic nitrogens is 1. The first-order valence-electron chi connectivity index (χ1n) is 6.37. The molecule has 0 saturated carbocycles.